The molecule has 0 aliphatic heterocycles. The SMILES string of the molecule is CCOC(=O)[C@H](C)Sc1ncc(-c2cccc(C(F)(F)F)c2)cn1. The third kappa shape index (κ3) is 4.70. The Labute approximate surface area is 141 Å². The lowest BCUT2D eigenvalue weighted by molar-refractivity contribution is -0.142. The highest BCUT2D eigenvalue weighted by atomic mass is 32.2. The minimum Gasteiger partial charge on any atom is -0.465 e. The maximum Gasteiger partial charge on any atom is 0.416 e. The molecule has 128 valence electrons. The normalized spacial score (nSPS) is 12.7. The number of halogens is 3. The molecule has 0 bridgehead atoms. The summed E-state index contributed by atoms with van der Waals surface area (Å²) in [5, 5.41) is -0.115. The third-order valence-electron chi connectivity index (χ3n) is 3.05. The number of carbonyl (C=O) groups is 1. The Hall–Kier alpha value is -2.09. The second-order valence-electron chi connectivity index (χ2n) is 4.85. The molecule has 0 saturated carbocycles. The first-order chi connectivity index (χ1) is 11.3. The Morgan fingerprint density at radius 2 is 1.92 bits per heavy atom. The number of aromatic nitrogens is 2. The summed E-state index contributed by atoms with van der Waals surface area (Å²) >= 11 is 1.13. The maximum absolute atomic E-state index is 12.8. The molecule has 1 aromatic heterocycles. The second kappa shape index (κ2) is 7.65. The molecule has 0 saturated heterocycles. The summed E-state index contributed by atoms with van der Waals surface area (Å²) in [7, 11) is 0. The van der Waals surface area contributed by atoms with Crippen LogP contribution in [-0.4, -0.2) is 27.8 Å². The molecule has 0 N–H and O–H groups in total. The number of carbonyl (C=O) groups excluding carboxylic acids is 1. The van der Waals surface area contributed by atoms with Gasteiger partial charge < -0.3 is 4.74 Å². The van der Waals surface area contributed by atoms with Gasteiger partial charge in [0.25, 0.3) is 0 Å². The molecule has 2 rings (SSSR count). The molecule has 1 aromatic carbocycles. The predicted molar refractivity (Wildman–Crippen MR) is 84.4 cm³/mol. The molecule has 8 heteroatoms. The van der Waals surface area contributed by atoms with Crippen LogP contribution in [0.25, 0.3) is 11.1 Å². The summed E-state index contributed by atoms with van der Waals surface area (Å²) in [5.41, 5.74) is 0.114. The predicted octanol–water partition coefficient (Wildman–Crippen LogP) is 4.21. The number of alkyl halides is 3. The van der Waals surface area contributed by atoms with Crippen molar-refractivity contribution in [2.24, 2.45) is 0 Å². The molecule has 2 aromatic rings. The summed E-state index contributed by atoms with van der Waals surface area (Å²) < 4.78 is 43.1. The van der Waals surface area contributed by atoms with Crippen LogP contribution in [0.4, 0.5) is 13.2 Å². The second-order valence-corrected chi connectivity index (χ2v) is 6.15. The van der Waals surface area contributed by atoms with Crippen molar-refractivity contribution in [1.82, 2.24) is 9.97 Å². The van der Waals surface area contributed by atoms with E-state index in [4.69, 9.17) is 4.74 Å². The molecular formula is C16H15F3N2O2S. The van der Waals surface area contributed by atoms with Crippen molar-refractivity contribution in [2.75, 3.05) is 6.61 Å². The van der Waals surface area contributed by atoms with E-state index in [0.29, 0.717) is 22.9 Å². The van der Waals surface area contributed by atoms with E-state index in [1.165, 1.54) is 18.5 Å². The van der Waals surface area contributed by atoms with Gasteiger partial charge in [0, 0.05) is 18.0 Å². The summed E-state index contributed by atoms with van der Waals surface area (Å²) in [6, 6.07) is 4.95. The van der Waals surface area contributed by atoms with E-state index in [9.17, 15) is 18.0 Å². The molecule has 0 aliphatic carbocycles. The van der Waals surface area contributed by atoms with Gasteiger partial charge in [-0.25, -0.2) is 9.97 Å². The van der Waals surface area contributed by atoms with Gasteiger partial charge in [-0.05, 0) is 31.5 Å². The fraction of sp³-hybridized carbons (Fsp3) is 0.312. The average molecular weight is 356 g/mol. The van der Waals surface area contributed by atoms with Gasteiger partial charge >= 0.3 is 12.1 Å². The smallest absolute Gasteiger partial charge is 0.416 e. The van der Waals surface area contributed by atoms with Crippen LogP contribution in [0.15, 0.2) is 41.8 Å². The lowest BCUT2D eigenvalue weighted by Gasteiger charge is -2.10. The lowest BCUT2D eigenvalue weighted by Crippen LogP contribution is -2.17. The number of thioether (sulfide) groups is 1. The number of esters is 1. The van der Waals surface area contributed by atoms with Gasteiger partial charge in [0.1, 0.15) is 5.25 Å². The van der Waals surface area contributed by atoms with E-state index < -0.39 is 17.0 Å². The van der Waals surface area contributed by atoms with E-state index in [1.54, 1.807) is 19.9 Å². The highest BCUT2D eigenvalue weighted by Crippen LogP contribution is 2.32. The van der Waals surface area contributed by atoms with E-state index in [2.05, 4.69) is 9.97 Å². The highest BCUT2D eigenvalue weighted by Gasteiger charge is 2.30. The molecule has 24 heavy (non-hydrogen) atoms. The van der Waals surface area contributed by atoms with Crippen molar-refractivity contribution in [3.05, 3.63) is 42.2 Å². The van der Waals surface area contributed by atoms with Crippen molar-refractivity contribution in [3.8, 4) is 11.1 Å². The number of hydrogen-bond acceptors (Lipinski definition) is 5. The summed E-state index contributed by atoms with van der Waals surface area (Å²) in [5.74, 6) is -0.368. The summed E-state index contributed by atoms with van der Waals surface area (Å²) in [6.07, 6.45) is -1.53. The fourth-order valence-corrected chi connectivity index (χ4v) is 2.57. The number of nitrogens with zero attached hydrogens (tertiary/aromatic N) is 2. The maximum atomic E-state index is 12.8. The standard InChI is InChI=1S/C16H15F3N2O2S/c1-3-23-14(22)10(2)24-15-20-8-12(9-21-15)11-5-4-6-13(7-11)16(17,18)19/h4-10H,3H2,1-2H3/t10-/m0/s1. The van der Waals surface area contributed by atoms with Crippen LogP contribution in [0.2, 0.25) is 0 Å². The molecule has 0 unspecified atom stereocenters. The Morgan fingerprint density at radius 1 is 1.25 bits per heavy atom. The van der Waals surface area contributed by atoms with Gasteiger partial charge in [0.2, 0.25) is 0 Å². The van der Waals surface area contributed by atoms with Crippen LogP contribution in [0.5, 0.6) is 0 Å². The monoisotopic (exact) mass is 356 g/mol. The molecule has 4 nitrogen and oxygen atoms in total. The van der Waals surface area contributed by atoms with Crippen molar-refractivity contribution >= 4 is 17.7 Å². The number of benzene rings is 1. The molecule has 0 fully saturated rings. The first kappa shape index (κ1) is 18.3. The van der Waals surface area contributed by atoms with Gasteiger partial charge in [-0.15, -0.1) is 0 Å². The number of rotatable bonds is 5. The topological polar surface area (TPSA) is 52.1 Å². The molecule has 1 atom stereocenters. The number of ether oxygens (including phenoxy) is 1. The molecular weight excluding hydrogens is 341 g/mol. The summed E-state index contributed by atoms with van der Waals surface area (Å²) in [4.78, 5) is 19.7. The summed E-state index contributed by atoms with van der Waals surface area (Å²) in [6.45, 7) is 3.68. The van der Waals surface area contributed by atoms with Crippen LogP contribution in [0.3, 0.4) is 0 Å². The van der Waals surface area contributed by atoms with Gasteiger partial charge in [-0.2, -0.15) is 13.2 Å². The van der Waals surface area contributed by atoms with E-state index >= 15 is 0 Å². The van der Waals surface area contributed by atoms with Gasteiger partial charge in [-0.1, -0.05) is 23.9 Å². The van der Waals surface area contributed by atoms with Crippen LogP contribution >= 0.6 is 11.8 Å². The van der Waals surface area contributed by atoms with Crippen molar-refractivity contribution in [3.63, 3.8) is 0 Å². The Morgan fingerprint density at radius 3 is 2.50 bits per heavy atom. The minimum atomic E-state index is -4.40. The van der Waals surface area contributed by atoms with E-state index in [1.807, 2.05) is 0 Å². The van der Waals surface area contributed by atoms with E-state index in [-0.39, 0.29) is 5.97 Å². The van der Waals surface area contributed by atoms with Gasteiger partial charge in [0.05, 0.1) is 12.2 Å². The Bertz CT molecular complexity index is 705. The molecule has 0 amide bonds. The molecule has 1 heterocycles. The Kier molecular flexibility index (Phi) is 5.82. The zero-order valence-electron chi connectivity index (χ0n) is 13.0. The first-order valence-corrected chi connectivity index (χ1v) is 8.02. The van der Waals surface area contributed by atoms with Crippen molar-refractivity contribution in [1.29, 1.82) is 0 Å². The van der Waals surface area contributed by atoms with Gasteiger partial charge in [-0.3, -0.25) is 4.79 Å². The minimum absolute atomic E-state index is 0.291. The first-order valence-electron chi connectivity index (χ1n) is 7.14. The van der Waals surface area contributed by atoms with Crippen LogP contribution in [0, 0.1) is 0 Å². The quantitative estimate of drug-likeness (QED) is 0.456. The fourth-order valence-electron chi connectivity index (χ4n) is 1.87. The lowest BCUT2D eigenvalue weighted by atomic mass is 10.1. The largest absolute Gasteiger partial charge is 0.465 e. The third-order valence-corrected chi connectivity index (χ3v) is 4.02. The average Bonchev–Trinajstić information content (AvgIpc) is 2.55. The Balaban J connectivity index is 2.14. The zero-order valence-corrected chi connectivity index (χ0v) is 13.8. The van der Waals surface area contributed by atoms with E-state index in [0.717, 1.165) is 23.9 Å². The van der Waals surface area contributed by atoms with Crippen molar-refractivity contribution < 1.29 is 22.7 Å². The van der Waals surface area contributed by atoms with Gasteiger partial charge in [0.15, 0.2) is 5.16 Å². The molecule has 0 spiro atoms. The number of hydrogen-bond donors (Lipinski definition) is 0. The molecule has 0 radical (unpaired) electrons. The van der Waals surface area contributed by atoms with Crippen LogP contribution in [0.1, 0.15) is 19.4 Å². The zero-order chi connectivity index (χ0) is 17.7. The highest BCUT2D eigenvalue weighted by molar-refractivity contribution is 8.00. The molecule has 0 aliphatic rings. The van der Waals surface area contributed by atoms with Crippen LogP contribution < -0.4 is 0 Å². The van der Waals surface area contributed by atoms with Crippen LogP contribution in [-0.2, 0) is 15.7 Å². The van der Waals surface area contributed by atoms with Crippen molar-refractivity contribution in [2.45, 2.75) is 30.4 Å².